The van der Waals surface area contributed by atoms with E-state index in [0.717, 1.165) is 40.5 Å². The highest BCUT2D eigenvalue weighted by molar-refractivity contribution is 7.99. The first-order valence-corrected chi connectivity index (χ1v) is 12.1. The number of hydrogen-bond acceptors (Lipinski definition) is 5. The molecule has 1 saturated carbocycles. The molecule has 0 N–H and O–H groups in total. The van der Waals surface area contributed by atoms with E-state index in [0.29, 0.717) is 10.8 Å². The number of piperidine rings is 1. The van der Waals surface area contributed by atoms with Crippen molar-refractivity contribution in [3.05, 3.63) is 52.7 Å². The molecule has 2 heterocycles. The van der Waals surface area contributed by atoms with Gasteiger partial charge in [0, 0.05) is 37.6 Å². The number of aromatic nitrogens is 1. The molecule has 0 amide bonds. The standard InChI is InChI=1S/C23H31ClN4OS/c1-16-21(29-15-26-16)22(25-3)27(4)17(2)30-10-6-9-28-13-19-12-23(19,14-28)18-7-5-8-20(24)11-18/h5,7-8,11,15,17,19H,6,9-10,12-14H2,1-4H3. The number of hydrogen-bond donors (Lipinski definition) is 0. The normalized spacial score (nSPS) is 24.7. The third kappa shape index (κ3) is 4.27. The zero-order valence-electron chi connectivity index (χ0n) is 18.3. The molecule has 0 spiro atoms. The second-order valence-electron chi connectivity index (χ2n) is 8.55. The summed E-state index contributed by atoms with van der Waals surface area (Å²) in [7, 11) is 3.88. The Hall–Kier alpha value is -1.50. The van der Waals surface area contributed by atoms with Crippen molar-refractivity contribution in [1.29, 1.82) is 0 Å². The van der Waals surface area contributed by atoms with Crippen LogP contribution in [0.3, 0.4) is 0 Å². The van der Waals surface area contributed by atoms with Crippen molar-refractivity contribution >= 4 is 29.2 Å². The third-order valence-electron chi connectivity index (χ3n) is 6.63. The fourth-order valence-corrected chi connectivity index (χ4v) is 5.91. The first-order valence-electron chi connectivity index (χ1n) is 10.6. The van der Waals surface area contributed by atoms with Gasteiger partial charge in [0.05, 0.1) is 11.1 Å². The number of halogens is 1. The van der Waals surface area contributed by atoms with Gasteiger partial charge in [-0.15, -0.1) is 11.8 Å². The number of aliphatic imine (C=N–C) groups is 1. The van der Waals surface area contributed by atoms with Crippen molar-refractivity contribution in [2.24, 2.45) is 10.9 Å². The molecule has 7 heteroatoms. The molecule has 5 nitrogen and oxygen atoms in total. The van der Waals surface area contributed by atoms with Gasteiger partial charge in [0.25, 0.3) is 0 Å². The molecular formula is C23H31ClN4OS. The van der Waals surface area contributed by atoms with Crippen molar-refractivity contribution in [2.45, 2.75) is 37.5 Å². The minimum absolute atomic E-state index is 0.318. The van der Waals surface area contributed by atoms with Gasteiger partial charge in [-0.25, -0.2) is 4.98 Å². The number of benzene rings is 1. The van der Waals surface area contributed by atoms with Crippen LogP contribution in [0.5, 0.6) is 0 Å². The summed E-state index contributed by atoms with van der Waals surface area (Å²) in [5.41, 5.74) is 2.68. The minimum atomic E-state index is 0.318. The van der Waals surface area contributed by atoms with Gasteiger partial charge in [0.2, 0.25) is 0 Å². The molecule has 2 fully saturated rings. The molecule has 0 radical (unpaired) electrons. The number of rotatable bonds is 8. The van der Waals surface area contributed by atoms with E-state index < -0.39 is 0 Å². The van der Waals surface area contributed by atoms with Crippen LogP contribution in [0.25, 0.3) is 0 Å². The van der Waals surface area contributed by atoms with Gasteiger partial charge in [-0.05, 0) is 62.6 Å². The van der Waals surface area contributed by atoms with Crippen LogP contribution in [-0.4, -0.2) is 65.5 Å². The fraction of sp³-hybridized carbons (Fsp3) is 0.565. The molecule has 1 aliphatic carbocycles. The van der Waals surface area contributed by atoms with Gasteiger partial charge in [0.1, 0.15) is 0 Å². The van der Waals surface area contributed by atoms with E-state index in [1.807, 2.05) is 24.8 Å². The Balaban J connectivity index is 1.23. The third-order valence-corrected chi connectivity index (χ3v) is 8.19. The maximum atomic E-state index is 6.23. The van der Waals surface area contributed by atoms with E-state index in [4.69, 9.17) is 16.0 Å². The predicted molar refractivity (Wildman–Crippen MR) is 126 cm³/mol. The van der Waals surface area contributed by atoms with Gasteiger partial charge < -0.3 is 14.2 Å². The Morgan fingerprint density at radius 1 is 1.50 bits per heavy atom. The number of fused-ring (bicyclic) bond motifs is 1. The molecular weight excluding hydrogens is 416 g/mol. The van der Waals surface area contributed by atoms with Gasteiger partial charge >= 0.3 is 0 Å². The SMILES string of the molecule is CN=C(c1ocnc1C)N(C)C(C)SCCCN1CC2CC2(c2cccc(Cl)c2)C1. The molecule has 3 unspecified atom stereocenters. The molecule has 4 rings (SSSR count). The first kappa shape index (κ1) is 21.7. The van der Waals surface area contributed by atoms with Crippen LogP contribution in [0.4, 0.5) is 0 Å². The highest BCUT2D eigenvalue weighted by atomic mass is 35.5. The number of amidine groups is 1. The van der Waals surface area contributed by atoms with Gasteiger partial charge in [-0.3, -0.25) is 4.99 Å². The minimum Gasteiger partial charge on any atom is -0.440 e. The topological polar surface area (TPSA) is 44.9 Å². The van der Waals surface area contributed by atoms with Crippen molar-refractivity contribution in [2.75, 3.05) is 39.5 Å². The summed E-state index contributed by atoms with van der Waals surface area (Å²) in [6.45, 7) is 7.74. The molecule has 3 atom stereocenters. The molecule has 162 valence electrons. The molecule has 0 bridgehead atoms. The number of aryl methyl sites for hydroxylation is 1. The van der Waals surface area contributed by atoms with E-state index in [1.54, 1.807) is 7.05 Å². The quantitative estimate of drug-likeness (QED) is 0.255. The Labute approximate surface area is 188 Å². The Bertz CT molecular complexity index is 916. The lowest BCUT2D eigenvalue weighted by Crippen LogP contribution is -2.34. The monoisotopic (exact) mass is 446 g/mol. The van der Waals surface area contributed by atoms with Crippen molar-refractivity contribution in [1.82, 2.24) is 14.8 Å². The largest absolute Gasteiger partial charge is 0.440 e. The summed E-state index contributed by atoms with van der Waals surface area (Å²) in [6.07, 6.45) is 4.00. The van der Waals surface area contributed by atoms with Crippen LogP contribution < -0.4 is 0 Å². The van der Waals surface area contributed by atoms with E-state index in [2.05, 4.69) is 51.9 Å². The summed E-state index contributed by atoms with van der Waals surface area (Å²) in [6, 6.07) is 8.49. The molecule has 1 aliphatic heterocycles. The zero-order chi connectivity index (χ0) is 21.3. The van der Waals surface area contributed by atoms with E-state index in [1.165, 1.54) is 37.9 Å². The van der Waals surface area contributed by atoms with Crippen molar-refractivity contribution in [3.63, 3.8) is 0 Å². The second-order valence-corrected chi connectivity index (χ2v) is 10.4. The van der Waals surface area contributed by atoms with Crippen molar-refractivity contribution in [3.8, 4) is 0 Å². The van der Waals surface area contributed by atoms with Gasteiger partial charge in [-0.1, -0.05) is 23.7 Å². The molecule has 1 saturated heterocycles. The molecule has 30 heavy (non-hydrogen) atoms. The van der Waals surface area contributed by atoms with Crippen LogP contribution in [0.15, 0.2) is 40.1 Å². The van der Waals surface area contributed by atoms with Crippen LogP contribution in [0, 0.1) is 12.8 Å². The van der Waals surface area contributed by atoms with E-state index in [9.17, 15) is 0 Å². The maximum Gasteiger partial charge on any atom is 0.192 e. The lowest BCUT2D eigenvalue weighted by molar-refractivity contribution is 0.299. The van der Waals surface area contributed by atoms with E-state index in [-0.39, 0.29) is 0 Å². The average molecular weight is 447 g/mol. The van der Waals surface area contributed by atoms with Crippen LogP contribution >= 0.6 is 23.4 Å². The molecule has 1 aromatic carbocycles. The zero-order valence-corrected chi connectivity index (χ0v) is 19.8. The Morgan fingerprint density at radius 3 is 3.03 bits per heavy atom. The van der Waals surface area contributed by atoms with Crippen LogP contribution in [0.1, 0.15) is 36.8 Å². The van der Waals surface area contributed by atoms with Crippen LogP contribution in [-0.2, 0) is 5.41 Å². The number of likely N-dealkylation sites (tertiary alicyclic amines) is 1. The predicted octanol–water partition coefficient (Wildman–Crippen LogP) is 4.69. The lowest BCUT2D eigenvalue weighted by atomic mass is 9.95. The van der Waals surface area contributed by atoms with Gasteiger partial charge in [0.15, 0.2) is 18.0 Å². The number of oxazole rings is 1. The van der Waals surface area contributed by atoms with E-state index >= 15 is 0 Å². The van der Waals surface area contributed by atoms with Gasteiger partial charge in [-0.2, -0.15) is 0 Å². The lowest BCUT2D eigenvalue weighted by Gasteiger charge is -2.27. The molecule has 2 aromatic rings. The summed E-state index contributed by atoms with van der Waals surface area (Å²) < 4.78 is 5.54. The summed E-state index contributed by atoms with van der Waals surface area (Å²) >= 11 is 8.20. The maximum absolute atomic E-state index is 6.23. The van der Waals surface area contributed by atoms with Crippen molar-refractivity contribution < 1.29 is 4.42 Å². The smallest absolute Gasteiger partial charge is 0.192 e. The molecule has 1 aromatic heterocycles. The summed E-state index contributed by atoms with van der Waals surface area (Å²) in [4.78, 5) is 13.4. The summed E-state index contributed by atoms with van der Waals surface area (Å²) in [5.74, 6) is 3.55. The Kier molecular flexibility index (Phi) is 6.47. The number of thioether (sulfide) groups is 1. The first-order chi connectivity index (χ1) is 14.4. The molecule has 2 aliphatic rings. The highest BCUT2D eigenvalue weighted by Gasteiger charge is 2.60. The number of nitrogens with zero attached hydrogens (tertiary/aromatic N) is 4. The average Bonchev–Trinajstić information content (AvgIpc) is 3.06. The highest BCUT2D eigenvalue weighted by Crippen LogP contribution is 2.59. The Morgan fingerprint density at radius 2 is 2.33 bits per heavy atom. The van der Waals surface area contributed by atoms with Crippen LogP contribution in [0.2, 0.25) is 5.02 Å². The second kappa shape index (κ2) is 8.93. The fourth-order valence-electron chi connectivity index (χ4n) is 4.76. The summed E-state index contributed by atoms with van der Waals surface area (Å²) in [5, 5.41) is 1.17.